The maximum absolute atomic E-state index is 14.6. The van der Waals surface area contributed by atoms with Crippen LogP contribution in [0.1, 0.15) is 116 Å². The van der Waals surface area contributed by atoms with Crippen molar-refractivity contribution in [2.24, 2.45) is 17.8 Å². The highest BCUT2D eigenvalue weighted by atomic mass is 16.8. The number of hydrogen-bond donors (Lipinski definition) is 4. The van der Waals surface area contributed by atoms with Crippen LogP contribution in [0, 0.1) is 17.8 Å². The Morgan fingerprint density at radius 2 is 1.63 bits per heavy atom. The van der Waals surface area contributed by atoms with Gasteiger partial charge in [0.1, 0.15) is 17.8 Å². The van der Waals surface area contributed by atoms with Gasteiger partial charge in [0.15, 0.2) is 30.4 Å². The van der Waals surface area contributed by atoms with Crippen molar-refractivity contribution in [3.63, 3.8) is 0 Å². The number of rotatable bonds is 9. The second-order valence-electron chi connectivity index (χ2n) is 20.4. The van der Waals surface area contributed by atoms with Gasteiger partial charge in [-0.3, -0.25) is 15.1 Å². The summed E-state index contributed by atoms with van der Waals surface area (Å²) in [5.41, 5.74) is 1.01. The molecule has 4 aliphatic heterocycles. The minimum atomic E-state index is -1.59. The number of carbonyl (C=O) groups excluding carboxylic acids is 3. The Hall–Kier alpha value is -2.39. The van der Waals surface area contributed by atoms with E-state index in [1.165, 1.54) is 7.11 Å². The Morgan fingerprint density at radius 3 is 2.21 bits per heavy atom. The summed E-state index contributed by atoms with van der Waals surface area (Å²) in [6.45, 7) is 24.3. The highest BCUT2D eigenvalue weighted by Gasteiger charge is 2.58. The van der Waals surface area contributed by atoms with E-state index in [4.69, 9.17) is 42.6 Å². The van der Waals surface area contributed by atoms with Crippen LogP contribution >= 0.6 is 0 Å². The molecule has 4 fully saturated rings. The summed E-state index contributed by atoms with van der Waals surface area (Å²) in [7, 11) is 7.20. The van der Waals surface area contributed by atoms with Gasteiger partial charge in [0, 0.05) is 43.6 Å². The molecule has 1 amide bonds. The molecule has 0 spiro atoms. The third kappa shape index (κ3) is 12.1. The molecule has 4 rings (SSSR count). The molecule has 0 aromatic carbocycles. The first kappa shape index (κ1) is 52.2. The predicted molar refractivity (Wildman–Crippen MR) is 228 cm³/mol. The first-order valence-corrected chi connectivity index (χ1v) is 22.3. The van der Waals surface area contributed by atoms with E-state index in [1.54, 1.807) is 34.6 Å². The molecule has 18 nitrogen and oxygen atoms in total. The van der Waals surface area contributed by atoms with Crippen LogP contribution in [0.3, 0.4) is 0 Å². The fourth-order valence-corrected chi connectivity index (χ4v) is 9.94. The number of nitrogens with zero attached hydrogens (tertiary/aromatic N) is 2. The van der Waals surface area contributed by atoms with Crippen molar-refractivity contribution in [3.8, 4) is 0 Å². The zero-order valence-electron chi connectivity index (χ0n) is 40.4. The smallest absolute Gasteiger partial charge is 0.458 e. The summed E-state index contributed by atoms with van der Waals surface area (Å²) in [6.07, 6.45) is -9.38. The standard InChI is InChI=1S/C44H80N4O14/c1-18-30-44(13)35(61-40(52)62-44)27(6)48(16)22-23(2)20-42(11,53)34(59-38-32(49)29(47(14)15)19-24(3)55-38)25(4)33(26(5)37(50)57-30)58-31-21-43(12,54-17)36(28(7)56-31)60-39(51)45-46-41(8,9)10/h23-36,38,46,49,53H,18-22H2,1-17H3,(H,45,51)/t23-,24-,25+,26-,27-,28+,29+,30-,31+,32-,33+,34-,35+,36+,38+,42-,43-,44-/m1/s1. The monoisotopic (exact) mass is 889 g/mol. The van der Waals surface area contributed by atoms with Crippen LogP contribution < -0.4 is 10.9 Å². The molecule has 0 aromatic rings. The molecule has 4 saturated heterocycles. The minimum Gasteiger partial charge on any atom is -0.458 e. The van der Waals surface area contributed by atoms with Crippen LogP contribution in [0.15, 0.2) is 0 Å². The number of carbonyl (C=O) groups is 3. The van der Waals surface area contributed by atoms with Gasteiger partial charge in [0.2, 0.25) is 0 Å². The number of likely N-dealkylation sites (N-methyl/N-ethyl adjacent to an activating group) is 2. The number of cyclic esters (lactones) is 1. The Morgan fingerprint density at radius 1 is 0.984 bits per heavy atom. The van der Waals surface area contributed by atoms with Crippen molar-refractivity contribution < 1.29 is 67.2 Å². The van der Waals surface area contributed by atoms with E-state index in [0.717, 1.165) is 0 Å². The van der Waals surface area contributed by atoms with Gasteiger partial charge in [-0.1, -0.05) is 20.8 Å². The van der Waals surface area contributed by atoms with Gasteiger partial charge in [-0.25, -0.2) is 15.0 Å². The number of aliphatic hydroxyl groups excluding tert-OH is 1. The zero-order valence-corrected chi connectivity index (χ0v) is 40.4. The van der Waals surface area contributed by atoms with E-state index in [9.17, 15) is 24.6 Å². The Bertz CT molecular complexity index is 1520. The molecule has 360 valence electrons. The lowest BCUT2D eigenvalue weighted by Gasteiger charge is -2.49. The molecule has 0 unspecified atom stereocenters. The predicted octanol–water partition coefficient (Wildman–Crippen LogP) is 4.12. The lowest BCUT2D eigenvalue weighted by molar-refractivity contribution is -0.317. The van der Waals surface area contributed by atoms with Crippen LogP contribution in [0.2, 0.25) is 0 Å². The fourth-order valence-electron chi connectivity index (χ4n) is 9.94. The number of aliphatic hydroxyl groups is 2. The number of methoxy groups -OCH3 is 1. The minimum absolute atomic E-state index is 0.0732. The van der Waals surface area contributed by atoms with E-state index in [1.807, 2.05) is 86.3 Å². The van der Waals surface area contributed by atoms with Crippen molar-refractivity contribution in [2.75, 3.05) is 34.8 Å². The van der Waals surface area contributed by atoms with Gasteiger partial charge in [0.05, 0.1) is 35.9 Å². The number of amides is 1. The van der Waals surface area contributed by atoms with Crippen molar-refractivity contribution in [3.05, 3.63) is 0 Å². The maximum atomic E-state index is 14.6. The maximum Gasteiger partial charge on any atom is 0.509 e. The SMILES string of the molecule is CC[C@H]1OC(=O)[C@H](C)[C@@H](O[C@H]2C[C@@](C)(OC)[C@@H](OC(=O)NNC(C)(C)C)[C@H](C)O2)[C@H](C)[C@@H](O[C@@H]2O[C@H](C)C[C@H](N(C)C)[C@H]2O)[C@](C)(O)C[C@@H](C)CN(C)[C@H](C)[C@@H]2OC(=O)O[C@]12C. The third-order valence-electron chi connectivity index (χ3n) is 13.4. The summed E-state index contributed by atoms with van der Waals surface area (Å²) < 4.78 is 56.3. The van der Waals surface area contributed by atoms with Crippen molar-refractivity contribution >= 4 is 18.2 Å². The molecule has 0 aromatic heterocycles. The average Bonchev–Trinajstić information content (AvgIpc) is 3.48. The van der Waals surface area contributed by atoms with Gasteiger partial charge >= 0.3 is 18.2 Å². The van der Waals surface area contributed by atoms with Gasteiger partial charge in [-0.15, -0.1) is 0 Å². The number of hydrogen-bond acceptors (Lipinski definition) is 17. The molecule has 0 aliphatic carbocycles. The van der Waals surface area contributed by atoms with Gasteiger partial charge < -0.3 is 57.7 Å². The van der Waals surface area contributed by atoms with Crippen LogP contribution in [-0.2, 0) is 47.4 Å². The molecule has 62 heavy (non-hydrogen) atoms. The van der Waals surface area contributed by atoms with Gasteiger partial charge in [0.25, 0.3) is 0 Å². The van der Waals surface area contributed by atoms with Crippen LogP contribution in [0.25, 0.3) is 0 Å². The summed E-state index contributed by atoms with van der Waals surface area (Å²) in [6, 6.07) is -0.671. The lowest BCUT2D eigenvalue weighted by atomic mass is 9.77. The van der Waals surface area contributed by atoms with Crippen LogP contribution in [-0.4, -0.2) is 169 Å². The molecule has 0 saturated carbocycles. The third-order valence-corrected chi connectivity index (χ3v) is 13.4. The Kier molecular flexibility index (Phi) is 17.2. The van der Waals surface area contributed by atoms with Crippen LogP contribution in [0.5, 0.6) is 0 Å². The molecule has 4 N–H and O–H groups in total. The Balaban J connectivity index is 1.80. The van der Waals surface area contributed by atoms with E-state index in [2.05, 4.69) is 10.9 Å². The number of nitrogens with one attached hydrogen (secondary N) is 2. The second-order valence-corrected chi connectivity index (χ2v) is 20.4. The highest BCUT2D eigenvalue weighted by Crippen LogP contribution is 2.42. The molecule has 4 heterocycles. The summed E-state index contributed by atoms with van der Waals surface area (Å²) in [5, 5.41) is 24.4. The summed E-state index contributed by atoms with van der Waals surface area (Å²) >= 11 is 0. The van der Waals surface area contributed by atoms with Crippen LogP contribution in [0.4, 0.5) is 9.59 Å². The number of hydrazine groups is 1. The van der Waals surface area contributed by atoms with E-state index in [-0.39, 0.29) is 36.9 Å². The molecule has 18 heteroatoms. The molecule has 0 radical (unpaired) electrons. The first-order chi connectivity index (χ1) is 28.6. The normalized spacial score (nSPS) is 44.3. The van der Waals surface area contributed by atoms with E-state index >= 15 is 0 Å². The van der Waals surface area contributed by atoms with Gasteiger partial charge in [-0.05, 0) is 116 Å². The average molecular weight is 889 g/mol. The van der Waals surface area contributed by atoms with Gasteiger partial charge in [-0.2, -0.15) is 0 Å². The molecular formula is C44H80N4O14. The topological polar surface area (TPSA) is 205 Å². The summed E-state index contributed by atoms with van der Waals surface area (Å²) in [4.78, 5) is 44.4. The first-order valence-electron chi connectivity index (χ1n) is 22.3. The van der Waals surface area contributed by atoms with Crippen molar-refractivity contribution in [2.45, 2.75) is 212 Å². The van der Waals surface area contributed by atoms with Crippen molar-refractivity contribution in [1.29, 1.82) is 0 Å². The quantitative estimate of drug-likeness (QED) is 0.146. The number of fused-ring (bicyclic) bond motifs is 1. The van der Waals surface area contributed by atoms with Crippen molar-refractivity contribution in [1.82, 2.24) is 20.7 Å². The molecule has 18 atom stereocenters. The molecule has 0 bridgehead atoms. The molecule has 4 aliphatic rings. The zero-order chi connectivity index (χ0) is 46.9. The largest absolute Gasteiger partial charge is 0.509 e. The number of esters is 1. The Labute approximate surface area is 369 Å². The second kappa shape index (κ2) is 20.4. The lowest BCUT2D eigenvalue weighted by Crippen LogP contribution is -2.61. The highest BCUT2D eigenvalue weighted by molar-refractivity contribution is 5.73. The van der Waals surface area contributed by atoms with E-state index in [0.29, 0.717) is 19.4 Å². The van der Waals surface area contributed by atoms with E-state index < -0.39 is 108 Å². The fraction of sp³-hybridized carbons (Fsp3) is 0.932. The summed E-state index contributed by atoms with van der Waals surface area (Å²) in [5.74, 6) is -2.63. The molecular weight excluding hydrogens is 808 g/mol. The number of ether oxygens (including phenoxy) is 9.